The predicted molar refractivity (Wildman–Crippen MR) is 77.9 cm³/mol. The Bertz CT molecular complexity index is 472. The molecule has 3 rings (SSSR count). The topological polar surface area (TPSA) is 63.4 Å². The Labute approximate surface area is 124 Å². The SMILES string of the molecule is NNC(c1cncc(F)c1)C1(N2CCOCC2)CCCC1. The minimum Gasteiger partial charge on any atom is -0.379 e. The van der Waals surface area contributed by atoms with Crippen LogP contribution in [-0.2, 0) is 4.74 Å². The Kier molecular flexibility index (Phi) is 4.49. The van der Waals surface area contributed by atoms with E-state index in [0.717, 1.165) is 44.7 Å². The van der Waals surface area contributed by atoms with Gasteiger partial charge in [-0.05, 0) is 24.5 Å². The first-order valence-corrected chi connectivity index (χ1v) is 7.66. The second-order valence-electron chi connectivity index (χ2n) is 5.95. The van der Waals surface area contributed by atoms with Gasteiger partial charge in [0.2, 0.25) is 0 Å². The molecule has 0 aromatic carbocycles. The number of hydrazine groups is 1. The van der Waals surface area contributed by atoms with Gasteiger partial charge >= 0.3 is 0 Å². The number of hydrogen-bond acceptors (Lipinski definition) is 5. The van der Waals surface area contributed by atoms with Crippen molar-refractivity contribution < 1.29 is 9.13 Å². The maximum Gasteiger partial charge on any atom is 0.141 e. The molecule has 6 heteroatoms. The fraction of sp³-hybridized carbons (Fsp3) is 0.667. The third-order valence-corrected chi connectivity index (χ3v) is 4.87. The van der Waals surface area contributed by atoms with Gasteiger partial charge in [-0.25, -0.2) is 4.39 Å². The van der Waals surface area contributed by atoms with E-state index in [1.54, 1.807) is 6.20 Å². The van der Waals surface area contributed by atoms with Gasteiger partial charge in [0.15, 0.2) is 0 Å². The number of halogens is 1. The number of hydrogen-bond donors (Lipinski definition) is 2. The van der Waals surface area contributed by atoms with Crippen molar-refractivity contribution in [2.45, 2.75) is 37.3 Å². The molecule has 1 aliphatic carbocycles. The van der Waals surface area contributed by atoms with Crippen molar-refractivity contribution >= 4 is 0 Å². The molecule has 0 amide bonds. The Balaban J connectivity index is 1.93. The number of ether oxygens (including phenoxy) is 1. The molecule has 0 bridgehead atoms. The van der Waals surface area contributed by atoms with Crippen LogP contribution in [0.15, 0.2) is 18.5 Å². The van der Waals surface area contributed by atoms with Crippen LogP contribution in [-0.4, -0.2) is 41.7 Å². The maximum atomic E-state index is 13.6. The zero-order valence-corrected chi connectivity index (χ0v) is 12.2. The van der Waals surface area contributed by atoms with Crippen LogP contribution in [0.2, 0.25) is 0 Å². The summed E-state index contributed by atoms with van der Waals surface area (Å²) in [4.78, 5) is 6.46. The Morgan fingerprint density at radius 2 is 2.00 bits per heavy atom. The van der Waals surface area contributed by atoms with Crippen molar-refractivity contribution in [3.05, 3.63) is 29.8 Å². The number of pyridine rings is 1. The molecule has 1 aromatic rings. The summed E-state index contributed by atoms with van der Waals surface area (Å²) in [6.45, 7) is 3.31. The number of aromatic nitrogens is 1. The lowest BCUT2D eigenvalue weighted by Crippen LogP contribution is -2.59. The van der Waals surface area contributed by atoms with Crippen LogP contribution in [0.1, 0.15) is 37.3 Å². The molecular formula is C15H23FN4O. The lowest BCUT2D eigenvalue weighted by molar-refractivity contribution is -0.0365. The highest BCUT2D eigenvalue weighted by Gasteiger charge is 2.46. The van der Waals surface area contributed by atoms with Gasteiger partial charge in [0.25, 0.3) is 0 Å². The van der Waals surface area contributed by atoms with E-state index >= 15 is 0 Å². The molecule has 1 atom stereocenters. The van der Waals surface area contributed by atoms with Crippen LogP contribution < -0.4 is 11.3 Å². The second-order valence-corrected chi connectivity index (χ2v) is 5.95. The van der Waals surface area contributed by atoms with Gasteiger partial charge in [0, 0.05) is 24.8 Å². The molecule has 2 fully saturated rings. The number of nitrogens with zero attached hydrogens (tertiary/aromatic N) is 2. The third kappa shape index (κ3) is 2.81. The van der Waals surface area contributed by atoms with Crippen molar-refractivity contribution in [1.29, 1.82) is 0 Å². The zero-order valence-electron chi connectivity index (χ0n) is 12.2. The Morgan fingerprint density at radius 3 is 2.62 bits per heavy atom. The minimum absolute atomic E-state index is 0.0615. The smallest absolute Gasteiger partial charge is 0.141 e. The number of nitrogens with one attached hydrogen (secondary N) is 1. The van der Waals surface area contributed by atoms with E-state index in [4.69, 9.17) is 10.6 Å². The maximum absolute atomic E-state index is 13.6. The lowest BCUT2D eigenvalue weighted by atomic mass is 9.82. The lowest BCUT2D eigenvalue weighted by Gasteiger charge is -2.48. The normalized spacial score (nSPS) is 24.1. The van der Waals surface area contributed by atoms with Gasteiger partial charge < -0.3 is 4.74 Å². The molecule has 2 heterocycles. The molecule has 1 saturated carbocycles. The molecule has 1 unspecified atom stereocenters. The first-order chi connectivity index (χ1) is 10.3. The molecule has 0 radical (unpaired) electrons. The highest BCUT2D eigenvalue weighted by Crippen LogP contribution is 2.44. The molecule has 2 aliphatic rings. The van der Waals surface area contributed by atoms with Gasteiger partial charge in [-0.1, -0.05) is 12.8 Å². The van der Waals surface area contributed by atoms with Gasteiger partial charge in [-0.2, -0.15) is 0 Å². The van der Waals surface area contributed by atoms with Crippen molar-refractivity contribution in [3.8, 4) is 0 Å². The van der Waals surface area contributed by atoms with Crippen LogP contribution >= 0.6 is 0 Å². The summed E-state index contributed by atoms with van der Waals surface area (Å²) < 4.78 is 19.0. The molecular weight excluding hydrogens is 271 g/mol. The number of morpholine rings is 1. The van der Waals surface area contributed by atoms with E-state index in [1.807, 2.05) is 0 Å². The van der Waals surface area contributed by atoms with Crippen molar-refractivity contribution in [1.82, 2.24) is 15.3 Å². The summed E-state index contributed by atoms with van der Waals surface area (Å²) in [6.07, 6.45) is 7.44. The van der Waals surface area contributed by atoms with Crippen LogP contribution in [0.5, 0.6) is 0 Å². The van der Waals surface area contributed by atoms with Crippen molar-refractivity contribution in [2.75, 3.05) is 26.3 Å². The molecule has 116 valence electrons. The van der Waals surface area contributed by atoms with Crippen LogP contribution in [0.4, 0.5) is 4.39 Å². The second kappa shape index (κ2) is 6.36. The summed E-state index contributed by atoms with van der Waals surface area (Å²) in [6, 6.07) is 1.43. The van der Waals surface area contributed by atoms with Gasteiger partial charge in [-0.15, -0.1) is 0 Å². The largest absolute Gasteiger partial charge is 0.379 e. The fourth-order valence-corrected chi connectivity index (χ4v) is 3.93. The monoisotopic (exact) mass is 294 g/mol. The average Bonchev–Trinajstić information content (AvgIpc) is 3.00. The molecule has 21 heavy (non-hydrogen) atoms. The first kappa shape index (κ1) is 14.8. The summed E-state index contributed by atoms with van der Waals surface area (Å²) in [5.41, 5.74) is 3.70. The molecule has 5 nitrogen and oxygen atoms in total. The van der Waals surface area contributed by atoms with Crippen molar-refractivity contribution in [3.63, 3.8) is 0 Å². The van der Waals surface area contributed by atoms with Crippen LogP contribution in [0.25, 0.3) is 0 Å². The number of nitrogens with two attached hydrogens (primary N) is 1. The molecule has 1 saturated heterocycles. The highest BCUT2D eigenvalue weighted by molar-refractivity contribution is 5.22. The van der Waals surface area contributed by atoms with E-state index < -0.39 is 0 Å². The van der Waals surface area contributed by atoms with E-state index in [-0.39, 0.29) is 17.4 Å². The third-order valence-electron chi connectivity index (χ3n) is 4.87. The predicted octanol–water partition coefficient (Wildman–Crippen LogP) is 1.37. The van der Waals surface area contributed by atoms with Gasteiger partial charge in [0.05, 0.1) is 25.5 Å². The summed E-state index contributed by atoms with van der Waals surface area (Å²) in [5, 5.41) is 0. The first-order valence-electron chi connectivity index (χ1n) is 7.66. The van der Waals surface area contributed by atoms with E-state index in [2.05, 4.69) is 15.3 Å². The quantitative estimate of drug-likeness (QED) is 0.649. The highest BCUT2D eigenvalue weighted by atomic mass is 19.1. The van der Waals surface area contributed by atoms with Crippen LogP contribution in [0, 0.1) is 5.82 Å². The molecule has 1 aromatic heterocycles. The average molecular weight is 294 g/mol. The molecule has 3 N–H and O–H groups in total. The van der Waals surface area contributed by atoms with Crippen molar-refractivity contribution in [2.24, 2.45) is 5.84 Å². The van der Waals surface area contributed by atoms with Crippen LogP contribution in [0.3, 0.4) is 0 Å². The van der Waals surface area contributed by atoms with E-state index in [1.165, 1.54) is 25.1 Å². The summed E-state index contributed by atoms with van der Waals surface area (Å²) in [5.74, 6) is 5.55. The van der Waals surface area contributed by atoms with E-state index in [9.17, 15) is 4.39 Å². The van der Waals surface area contributed by atoms with E-state index in [0.29, 0.717) is 0 Å². The van der Waals surface area contributed by atoms with Gasteiger partial charge in [-0.3, -0.25) is 21.2 Å². The zero-order chi connectivity index (χ0) is 14.7. The van der Waals surface area contributed by atoms with Gasteiger partial charge in [0.1, 0.15) is 5.82 Å². The summed E-state index contributed by atoms with van der Waals surface area (Å²) >= 11 is 0. The summed E-state index contributed by atoms with van der Waals surface area (Å²) in [7, 11) is 0. The molecule has 0 spiro atoms. The number of rotatable bonds is 4. The Morgan fingerprint density at radius 1 is 1.29 bits per heavy atom. The standard InChI is InChI=1S/C15H23FN4O/c16-13-9-12(10-18-11-13)14(19-17)15(3-1-2-4-15)20-5-7-21-8-6-20/h9-11,14,19H,1-8,17H2. The fourth-order valence-electron chi connectivity index (χ4n) is 3.93. The Hall–Kier alpha value is -1.08. The minimum atomic E-state index is -0.317. The molecule has 1 aliphatic heterocycles.